The highest BCUT2D eigenvalue weighted by Gasteiger charge is 2.19. The molecule has 4 aromatic rings. The molecule has 1 aromatic carbocycles. The maximum atomic E-state index is 12.4. The Morgan fingerprint density at radius 1 is 1.18 bits per heavy atom. The zero-order chi connectivity index (χ0) is 19.8. The number of anilines is 1. The lowest BCUT2D eigenvalue weighted by Gasteiger charge is -2.04. The number of hydrogen-bond acceptors (Lipinski definition) is 5. The predicted octanol–water partition coefficient (Wildman–Crippen LogP) is 4.84. The molecule has 0 bridgehead atoms. The minimum absolute atomic E-state index is 0.0346. The van der Waals surface area contributed by atoms with Crippen molar-refractivity contribution in [3.05, 3.63) is 80.3 Å². The molecule has 28 heavy (non-hydrogen) atoms. The van der Waals surface area contributed by atoms with Crippen LogP contribution in [-0.4, -0.2) is 20.2 Å². The predicted molar refractivity (Wildman–Crippen MR) is 109 cm³/mol. The van der Waals surface area contributed by atoms with Gasteiger partial charge in [0.15, 0.2) is 0 Å². The first kappa shape index (κ1) is 17.9. The lowest BCUT2D eigenvalue weighted by molar-refractivity contribution is -0.385. The maximum absolute atomic E-state index is 12.4. The van der Waals surface area contributed by atoms with Crippen LogP contribution in [0.4, 0.5) is 11.4 Å². The fourth-order valence-electron chi connectivity index (χ4n) is 2.91. The van der Waals surface area contributed by atoms with Crippen molar-refractivity contribution in [1.82, 2.24) is 9.38 Å². The van der Waals surface area contributed by atoms with E-state index in [0.717, 1.165) is 33.8 Å². The van der Waals surface area contributed by atoms with E-state index < -0.39 is 4.92 Å². The van der Waals surface area contributed by atoms with E-state index in [1.165, 1.54) is 6.07 Å². The number of benzene rings is 1. The molecule has 0 aliphatic carbocycles. The number of amides is 1. The topological polar surface area (TPSA) is 89.5 Å². The zero-order valence-electron chi connectivity index (χ0n) is 15.2. The van der Waals surface area contributed by atoms with Crippen LogP contribution in [0.25, 0.3) is 16.9 Å². The molecule has 7 nitrogen and oxygen atoms in total. The average Bonchev–Trinajstić information content (AvgIpc) is 3.25. The van der Waals surface area contributed by atoms with E-state index in [1.54, 1.807) is 19.1 Å². The molecule has 1 N–H and O–H groups in total. The van der Waals surface area contributed by atoms with Crippen LogP contribution >= 0.6 is 11.3 Å². The monoisotopic (exact) mass is 392 g/mol. The van der Waals surface area contributed by atoms with Crippen LogP contribution in [0, 0.1) is 24.0 Å². The van der Waals surface area contributed by atoms with Crippen LogP contribution in [0.2, 0.25) is 0 Å². The van der Waals surface area contributed by atoms with Crippen molar-refractivity contribution in [2.45, 2.75) is 13.8 Å². The number of carbonyl (C=O) groups is 1. The standard InChI is InChI=1S/C20H16N4O3S/c1-12-7-8-23-11-16(22-19(23)9-12)14-3-5-15(6-4-14)21-20(25)18-10-17(24(26)27)13(2)28-18/h3-11H,1-2H3,(H,21,25). The quantitative estimate of drug-likeness (QED) is 0.397. The number of hydrogen-bond donors (Lipinski definition) is 1. The van der Waals surface area contributed by atoms with E-state index in [9.17, 15) is 14.9 Å². The summed E-state index contributed by atoms with van der Waals surface area (Å²) in [5.74, 6) is -0.364. The second-order valence-corrected chi connectivity index (χ2v) is 7.69. The van der Waals surface area contributed by atoms with Gasteiger partial charge >= 0.3 is 0 Å². The molecule has 4 rings (SSSR count). The maximum Gasteiger partial charge on any atom is 0.283 e. The Morgan fingerprint density at radius 3 is 2.61 bits per heavy atom. The third-order valence-electron chi connectivity index (χ3n) is 4.37. The third-order valence-corrected chi connectivity index (χ3v) is 5.40. The van der Waals surface area contributed by atoms with Gasteiger partial charge in [-0.25, -0.2) is 4.98 Å². The first-order valence-corrected chi connectivity index (χ1v) is 9.34. The van der Waals surface area contributed by atoms with Crippen LogP contribution in [0.3, 0.4) is 0 Å². The van der Waals surface area contributed by atoms with E-state index in [4.69, 9.17) is 0 Å². The number of thiophene rings is 1. The van der Waals surface area contributed by atoms with Crippen LogP contribution in [0.5, 0.6) is 0 Å². The number of fused-ring (bicyclic) bond motifs is 1. The summed E-state index contributed by atoms with van der Waals surface area (Å²) in [7, 11) is 0. The Labute approximate surface area is 164 Å². The van der Waals surface area contributed by atoms with E-state index >= 15 is 0 Å². The summed E-state index contributed by atoms with van der Waals surface area (Å²) in [6, 6.07) is 12.7. The molecule has 3 heterocycles. The number of aromatic nitrogens is 2. The van der Waals surface area contributed by atoms with Crippen molar-refractivity contribution >= 4 is 34.3 Å². The van der Waals surface area contributed by atoms with Crippen LogP contribution in [-0.2, 0) is 0 Å². The SMILES string of the molecule is Cc1ccn2cc(-c3ccc(NC(=O)c4cc([N+](=O)[O-])c(C)s4)cc3)nc2c1. The molecule has 0 spiro atoms. The summed E-state index contributed by atoms with van der Waals surface area (Å²) >= 11 is 1.11. The smallest absolute Gasteiger partial charge is 0.283 e. The number of nitrogens with zero attached hydrogens (tertiary/aromatic N) is 3. The molecule has 140 valence electrons. The number of pyridine rings is 1. The van der Waals surface area contributed by atoms with Crippen molar-refractivity contribution < 1.29 is 9.72 Å². The molecule has 0 fully saturated rings. The van der Waals surface area contributed by atoms with Crippen molar-refractivity contribution in [1.29, 1.82) is 0 Å². The van der Waals surface area contributed by atoms with Crippen molar-refractivity contribution in [3.63, 3.8) is 0 Å². The molecule has 0 radical (unpaired) electrons. The van der Waals surface area contributed by atoms with Gasteiger partial charge in [0.2, 0.25) is 0 Å². The number of rotatable bonds is 4. The number of nitro groups is 1. The minimum atomic E-state index is -0.478. The second kappa shape index (κ2) is 6.90. The van der Waals surface area contributed by atoms with Gasteiger partial charge in [0.05, 0.1) is 20.4 Å². The Morgan fingerprint density at radius 2 is 1.93 bits per heavy atom. The van der Waals surface area contributed by atoms with Crippen LogP contribution in [0.1, 0.15) is 20.1 Å². The van der Waals surface area contributed by atoms with Crippen molar-refractivity contribution in [2.75, 3.05) is 5.32 Å². The van der Waals surface area contributed by atoms with Gasteiger partial charge in [-0.3, -0.25) is 14.9 Å². The van der Waals surface area contributed by atoms with Gasteiger partial charge in [0.25, 0.3) is 11.6 Å². The van der Waals surface area contributed by atoms with E-state index in [1.807, 2.05) is 48.0 Å². The van der Waals surface area contributed by atoms with Gasteiger partial charge in [-0.2, -0.15) is 0 Å². The largest absolute Gasteiger partial charge is 0.321 e. The Bertz CT molecular complexity index is 1210. The highest BCUT2D eigenvalue weighted by molar-refractivity contribution is 7.14. The van der Waals surface area contributed by atoms with Crippen LogP contribution in [0.15, 0.2) is 54.9 Å². The van der Waals surface area contributed by atoms with Gasteiger partial charge in [-0.1, -0.05) is 12.1 Å². The lowest BCUT2D eigenvalue weighted by Crippen LogP contribution is -2.09. The molecule has 3 aromatic heterocycles. The molecule has 1 amide bonds. The highest BCUT2D eigenvalue weighted by atomic mass is 32.1. The molecule has 0 unspecified atom stereocenters. The summed E-state index contributed by atoms with van der Waals surface area (Å²) in [6.07, 6.45) is 3.92. The minimum Gasteiger partial charge on any atom is -0.321 e. The average molecular weight is 392 g/mol. The van der Waals surface area contributed by atoms with E-state index in [-0.39, 0.29) is 11.6 Å². The fourth-order valence-corrected chi connectivity index (χ4v) is 3.79. The summed E-state index contributed by atoms with van der Waals surface area (Å²) in [6.45, 7) is 3.65. The molecule has 0 aliphatic rings. The fraction of sp³-hybridized carbons (Fsp3) is 0.100. The first-order valence-electron chi connectivity index (χ1n) is 8.53. The highest BCUT2D eigenvalue weighted by Crippen LogP contribution is 2.29. The summed E-state index contributed by atoms with van der Waals surface area (Å²) < 4.78 is 1.96. The normalized spacial score (nSPS) is 10.9. The Balaban J connectivity index is 1.53. The van der Waals surface area contributed by atoms with Gasteiger partial charge in [0, 0.05) is 29.7 Å². The summed E-state index contributed by atoms with van der Waals surface area (Å²) in [5, 5.41) is 13.7. The molecule has 8 heteroatoms. The van der Waals surface area contributed by atoms with Crippen LogP contribution < -0.4 is 5.32 Å². The van der Waals surface area contributed by atoms with Gasteiger partial charge in [-0.05, 0) is 43.7 Å². The molecule has 0 aliphatic heterocycles. The lowest BCUT2D eigenvalue weighted by atomic mass is 10.1. The van der Waals surface area contributed by atoms with E-state index in [0.29, 0.717) is 15.4 Å². The third kappa shape index (κ3) is 3.37. The van der Waals surface area contributed by atoms with Crippen molar-refractivity contribution in [2.24, 2.45) is 0 Å². The van der Waals surface area contributed by atoms with Gasteiger partial charge < -0.3 is 9.72 Å². The first-order chi connectivity index (χ1) is 13.4. The Hall–Kier alpha value is -3.52. The summed E-state index contributed by atoms with van der Waals surface area (Å²) in [5.41, 5.74) is 4.37. The molecular weight excluding hydrogens is 376 g/mol. The van der Waals surface area contributed by atoms with Gasteiger partial charge in [0.1, 0.15) is 5.65 Å². The zero-order valence-corrected chi connectivity index (χ0v) is 16.0. The number of nitrogens with one attached hydrogen (secondary N) is 1. The molecule has 0 saturated carbocycles. The Kier molecular flexibility index (Phi) is 4.40. The summed E-state index contributed by atoms with van der Waals surface area (Å²) in [4.78, 5) is 28.3. The number of carbonyl (C=O) groups excluding carboxylic acids is 1. The van der Waals surface area contributed by atoms with Crippen molar-refractivity contribution in [3.8, 4) is 11.3 Å². The number of imidazole rings is 1. The molecule has 0 atom stereocenters. The molecule has 0 saturated heterocycles. The van der Waals surface area contributed by atoms with Gasteiger partial charge in [-0.15, -0.1) is 11.3 Å². The second-order valence-electron chi connectivity index (χ2n) is 6.44. The molecular formula is C20H16N4O3S. The van der Waals surface area contributed by atoms with E-state index in [2.05, 4.69) is 10.3 Å². The number of aryl methyl sites for hydroxylation is 2.